The van der Waals surface area contributed by atoms with E-state index >= 15 is 0 Å². The summed E-state index contributed by atoms with van der Waals surface area (Å²) >= 11 is 0. The lowest BCUT2D eigenvalue weighted by Crippen LogP contribution is -2.64. The van der Waals surface area contributed by atoms with E-state index in [4.69, 9.17) is 23.7 Å². The highest BCUT2D eigenvalue weighted by Gasteiger charge is 2.50. The van der Waals surface area contributed by atoms with Crippen LogP contribution in [0.5, 0.6) is 0 Å². The number of aliphatic hydroxyl groups is 6. The number of hydrogen-bond donors (Lipinski definition) is 6. The number of esters is 2. The van der Waals surface area contributed by atoms with Gasteiger partial charge in [0.2, 0.25) is 0 Å². The molecule has 6 N–H and O–H groups in total. The van der Waals surface area contributed by atoms with Crippen LogP contribution in [0.4, 0.5) is 0 Å². The van der Waals surface area contributed by atoms with E-state index in [1.165, 1.54) is 193 Å². The molecule has 0 saturated carbocycles. The molecule has 0 aliphatic carbocycles. The average Bonchev–Trinajstić information content (AvgIpc) is 3.34. The molecule has 0 aromatic carbocycles. The van der Waals surface area contributed by atoms with Gasteiger partial charge in [-0.2, -0.15) is 0 Å². The second-order valence-electron chi connectivity index (χ2n) is 20.8. The van der Waals surface area contributed by atoms with E-state index in [1.807, 2.05) is 0 Å². The van der Waals surface area contributed by atoms with Crippen molar-refractivity contribution < 1.29 is 63.9 Å². The van der Waals surface area contributed by atoms with Crippen molar-refractivity contribution in [2.24, 2.45) is 0 Å². The van der Waals surface area contributed by atoms with E-state index < -0.39 is 86.6 Å². The Morgan fingerprint density at radius 2 is 0.536 bits per heavy atom. The molecule has 10 atom stereocenters. The summed E-state index contributed by atoms with van der Waals surface area (Å²) in [5, 5.41) is 63.7. The van der Waals surface area contributed by atoms with Crippen LogP contribution in [0.25, 0.3) is 0 Å². The Morgan fingerprint density at radius 3 is 0.768 bits per heavy atom. The van der Waals surface area contributed by atoms with Gasteiger partial charge in [-0.15, -0.1) is 0 Å². The first-order valence-corrected chi connectivity index (χ1v) is 29.0. The largest absolute Gasteiger partial charge is 0.463 e. The zero-order valence-corrected chi connectivity index (χ0v) is 44.0. The van der Waals surface area contributed by atoms with E-state index in [9.17, 15) is 40.2 Å². The predicted molar refractivity (Wildman–Crippen MR) is 272 cm³/mol. The number of carbonyl (C=O) groups excluding carboxylic acids is 2. The third-order valence-electron chi connectivity index (χ3n) is 14.4. The normalized spacial score (nSPS) is 25.0. The maximum absolute atomic E-state index is 12.5. The van der Waals surface area contributed by atoms with Gasteiger partial charge in [-0.25, -0.2) is 0 Å². The molecule has 69 heavy (non-hydrogen) atoms. The third kappa shape index (κ3) is 31.0. The van der Waals surface area contributed by atoms with Gasteiger partial charge < -0.3 is 54.3 Å². The van der Waals surface area contributed by atoms with Gasteiger partial charge in [0.1, 0.15) is 62.0 Å². The highest BCUT2D eigenvalue weighted by molar-refractivity contribution is 5.69. The van der Waals surface area contributed by atoms with Crippen molar-refractivity contribution in [1.82, 2.24) is 0 Å². The molecule has 2 rings (SSSR count). The van der Waals surface area contributed by atoms with Crippen molar-refractivity contribution >= 4 is 11.9 Å². The predicted octanol–water partition coefficient (Wildman–Crippen LogP) is 11.3. The molecule has 0 aromatic heterocycles. The molecule has 5 unspecified atom stereocenters. The Morgan fingerprint density at radius 1 is 0.319 bits per heavy atom. The van der Waals surface area contributed by atoms with Crippen LogP contribution in [-0.2, 0) is 33.3 Å². The number of ether oxygens (including phenoxy) is 5. The summed E-state index contributed by atoms with van der Waals surface area (Å²) in [7, 11) is 0. The molecular formula is C56H106O13. The molecule has 2 aliphatic heterocycles. The fraction of sp³-hybridized carbons (Fsp3) is 0.964. The average molecular weight is 987 g/mol. The van der Waals surface area contributed by atoms with E-state index in [0.29, 0.717) is 12.8 Å². The summed E-state index contributed by atoms with van der Waals surface area (Å²) in [6.07, 6.45) is 32.0. The molecule has 2 aliphatic rings. The zero-order valence-electron chi connectivity index (χ0n) is 44.0. The number of aliphatic hydroxyl groups excluding tert-OH is 6. The van der Waals surface area contributed by atoms with Gasteiger partial charge in [0, 0.05) is 12.8 Å². The maximum atomic E-state index is 12.5. The molecule has 2 fully saturated rings. The van der Waals surface area contributed by atoms with Gasteiger partial charge in [-0.3, -0.25) is 9.59 Å². The first-order valence-electron chi connectivity index (χ1n) is 29.0. The van der Waals surface area contributed by atoms with Crippen molar-refractivity contribution in [3.05, 3.63) is 0 Å². The van der Waals surface area contributed by atoms with Gasteiger partial charge in [0.05, 0.1) is 0 Å². The molecule has 0 radical (unpaired) electrons. The minimum atomic E-state index is -1.80. The van der Waals surface area contributed by atoms with E-state index in [-0.39, 0.29) is 12.8 Å². The molecule has 13 nitrogen and oxygen atoms in total. The summed E-state index contributed by atoms with van der Waals surface area (Å²) in [6.45, 7) is 3.69. The van der Waals surface area contributed by atoms with Gasteiger partial charge in [0.15, 0.2) is 12.6 Å². The molecule has 2 heterocycles. The van der Waals surface area contributed by atoms with Crippen molar-refractivity contribution in [2.45, 2.75) is 332 Å². The minimum Gasteiger partial charge on any atom is -0.463 e. The Balaban J connectivity index is 1.54. The molecule has 13 heteroatoms. The maximum Gasteiger partial charge on any atom is 0.305 e. The molecular weight excluding hydrogens is 881 g/mol. The van der Waals surface area contributed by atoms with Crippen molar-refractivity contribution in [3.8, 4) is 0 Å². The molecule has 2 saturated heterocycles. The van der Waals surface area contributed by atoms with E-state index in [1.54, 1.807) is 0 Å². The first-order chi connectivity index (χ1) is 33.6. The summed E-state index contributed by atoms with van der Waals surface area (Å²) in [6, 6.07) is 0. The van der Waals surface area contributed by atoms with Gasteiger partial charge in [0.25, 0.3) is 0 Å². The Hall–Kier alpha value is -1.42. The molecule has 0 bridgehead atoms. The number of rotatable bonds is 46. The van der Waals surface area contributed by atoms with Crippen LogP contribution in [0.3, 0.4) is 0 Å². The standard InChI is InChI=1S/C56H106O13/c1-3-5-7-9-11-13-15-17-19-21-23-25-27-29-31-33-35-37-39-41-47(57)65-43-45-49(59)51(61)53(63)55(67-45)69-56-54(64)52(62)50(60)46(68-56)44-66-48(58)42-40-38-36-34-32-30-28-26-24-22-20-18-16-14-12-10-8-6-4-2/h45-46,49-56,59-64H,3-44H2,1-2H3/t45?,46?,49-,50-,51+,52?,53?,54?,55-,56-/m1/s1. The van der Waals surface area contributed by atoms with Crippen LogP contribution in [0.15, 0.2) is 0 Å². The SMILES string of the molecule is CCCCCCCCCCCCCCCCCCCCCC(=O)OCC1O[C@H](O[C@H]2OC(COC(=O)CCCCCCCCCCCCCCCCCCCCC)[C@@H](O)[C@H](O)C2O)C(O)C(O)[C@@H]1O. The molecule has 0 spiro atoms. The summed E-state index contributed by atoms with van der Waals surface area (Å²) in [4.78, 5) is 25.1. The lowest BCUT2D eigenvalue weighted by Gasteiger charge is -2.44. The van der Waals surface area contributed by atoms with Crippen LogP contribution in [0.2, 0.25) is 0 Å². The van der Waals surface area contributed by atoms with Crippen molar-refractivity contribution in [3.63, 3.8) is 0 Å². The fourth-order valence-electron chi connectivity index (χ4n) is 9.66. The Kier molecular flexibility index (Phi) is 39.7. The monoisotopic (exact) mass is 987 g/mol. The van der Waals surface area contributed by atoms with Gasteiger partial charge >= 0.3 is 11.9 Å². The van der Waals surface area contributed by atoms with E-state index in [2.05, 4.69) is 13.8 Å². The summed E-state index contributed by atoms with van der Waals surface area (Å²) in [5.41, 5.74) is 0. The second-order valence-corrected chi connectivity index (χ2v) is 20.8. The fourth-order valence-corrected chi connectivity index (χ4v) is 9.66. The van der Waals surface area contributed by atoms with Crippen LogP contribution < -0.4 is 0 Å². The van der Waals surface area contributed by atoms with Crippen LogP contribution in [0.1, 0.15) is 271 Å². The molecule has 408 valence electrons. The highest BCUT2D eigenvalue weighted by atomic mass is 16.8. The topological polar surface area (TPSA) is 202 Å². The third-order valence-corrected chi connectivity index (χ3v) is 14.4. The van der Waals surface area contributed by atoms with E-state index in [0.717, 1.165) is 38.5 Å². The highest BCUT2D eigenvalue weighted by Crippen LogP contribution is 2.29. The minimum absolute atomic E-state index is 0.195. The zero-order chi connectivity index (χ0) is 50.2. The first kappa shape index (κ1) is 63.7. The van der Waals surface area contributed by atoms with Crippen molar-refractivity contribution in [2.75, 3.05) is 13.2 Å². The lowest BCUT2D eigenvalue weighted by atomic mass is 9.98. The summed E-state index contributed by atoms with van der Waals surface area (Å²) in [5.74, 6) is -0.960. The van der Waals surface area contributed by atoms with Crippen LogP contribution in [-0.4, -0.2) is 117 Å². The number of hydrogen-bond acceptors (Lipinski definition) is 13. The molecule has 0 aromatic rings. The quantitative estimate of drug-likeness (QED) is 0.0249. The second kappa shape index (κ2) is 43.0. The lowest BCUT2D eigenvalue weighted by molar-refractivity contribution is -0.376. The summed E-state index contributed by atoms with van der Waals surface area (Å²) < 4.78 is 27.7. The Bertz CT molecular complexity index is 1100. The Labute approximate surface area is 419 Å². The van der Waals surface area contributed by atoms with Gasteiger partial charge in [-0.1, -0.05) is 245 Å². The molecule has 0 amide bonds. The van der Waals surface area contributed by atoms with Crippen LogP contribution >= 0.6 is 0 Å². The number of carbonyl (C=O) groups is 2. The van der Waals surface area contributed by atoms with Gasteiger partial charge in [-0.05, 0) is 12.8 Å². The van der Waals surface area contributed by atoms with Crippen LogP contribution in [0, 0.1) is 0 Å². The smallest absolute Gasteiger partial charge is 0.305 e. The number of unbranched alkanes of at least 4 members (excludes halogenated alkanes) is 36. The van der Waals surface area contributed by atoms with Crippen molar-refractivity contribution in [1.29, 1.82) is 0 Å².